The Balaban J connectivity index is 0.000000150. The van der Waals surface area contributed by atoms with Gasteiger partial charge in [-0.15, -0.1) is 22.7 Å². The molecule has 2 N–H and O–H groups in total. The van der Waals surface area contributed by atoms with E-state index in [1.54, 1.807) is 111 Å². The molecule has 0 saturated carbocycles. The maximum Gasteiger partial charge on any atom is 0.374 e. The first-order valence-electron chi connectivity index (χ1n) is 49.4. The fourth-order valence-corrected chi connectivity index (χ4v) is 24.4. The number of aliphatic hydroxyl groups is 2. The Morgan fingerprint density at radius 1 is 0.432 bits per heavy atom. The van der Waals surface area contributed by atoms with Gasteiger partial charge >= 0.3 is 59.7 Å². The second-order valence-corrected chi connectivity index (χ2v) is 42.7. The Kier molecular flexibility index (Phi) is 30.7. The average molecular weight is 2060 g/mol. The Morgan fingerprint density at radius 3 is 1.15 bits per heavy atom. The predicted molar refractivity (Wildman–Crippen MR) is 519 cm³/mol. The van der Waals surface area contributed by atoms with E-state index in [-0.39, 0.29) is 106 Å². The molecule has 0 amide bonds. The van der Waals surface area contributed by atoms with Crippen molar-refractivity contribution in [1.82, 2.24) is 19.9 Å². The molecule has 39 heteroatoms. The summed E-state index contributed by atoms with van der Waals surface area (Å²) < 4.78 is 119. The number of fused-ring (bicyclic) bond motifs is 9. The molecule has 37 nitrogen and oxygen atoms in total. The number of hydrogen-bond donors (Lipinski definition) is 2. The van der Waals surface area contributed by atoms with Crippen LogP contribution in [0.15, 0.2) is 140 Å². The van der Waals surface area contributed by atoms with E-state index in [4.69, 9.17) is 98.9 Å². The number of esters is 10. The van der Waals surface area contributed by atoms with Gasteiger partial charge in [0.1, 0.15) is 55.2 Å². The van der Waals surface area contributed by atoms with E-state index in [2.05, 4.69) is 38.1 Å². The standard InChI is InChI=1S/C39H43NO11S2.C34H42N2O11.C34H41NO11/c1-37(2,50-34(42)29-9-5-17-52-29)12-7-14-39(22-31(41)46-4,51-35(43)30-10-6-18-53-30)36(44)49-33-28(45-3)21-38-13-8-15-40(38)16-11-24-19-26-27(48-23-47-26)20-25(24)32(33)38;1-20-23(18-35-47-20)30(38)46-32(2,3)9-6-11-34(40,17-27(37)42-5)31(39)45-29-26(41-4)16-33-10-7-12-36(33)13-8-21-14-24-25(44-19-43-24)15-22(21)28(29)33;1-32(2,46-30(37)23-8-5-15-42-23)10-6-12-34(39,19-27(36)41-4)31(38)45-29-26(40-3)18-33-11-7-13-35(33)14-9-21-16-24-25(44-20-43-24)17-22(21)28(29)33/h5-6,9-10,17-21,32-33H,7-8,11-16,22-23H2,1-4H3;14-16,18,28-29,40H,6-13,17,19H2,1-5H3;5,8,15-18,28-29,39H,6-7,9-14,19-20H2,1-4H3/t32-,33-,38+,39-;2*28-,29-,33+,34-/m111/s1. The molecule has 3 saturated heterocycles. The number of rotatable bonds is 35. The molecule has 3 fully saturated rings. The Morgan fingerprint density at radius 2 is 0.795 bits per heavy atom. The largest absolute Gasteiger partial charge is 0.497 e. The van der Waals surface area contributed by atoms with Crippen molar-refractivity contribution in [2.75, 3.05) is 102 Å². The van der Waals surface area contributed by atoms with Gasteiger partial charge in [-0.1, -0.05) is 17.3 Å². The highest BCUT2D eigenvalue weighted by molar-refractivity contribution is 7.12. The topological polar surface area (TPSA) is 435 Å². The molecule has 9 aliphatic heterocycles. The molecule has 12 atom stereocenters. The van der Waals surface area contributed by atoms with Crippen LogP contribution in [0.1, 0.15) is 254 Å². The lowest BCUT2D eigenvalue weighted by Gasteiger charge is -2.40. The van der Waals surface area contributed by atoms with E-state index < -0.39 is 153 Å². The van der Waals surface area contributed by atoms with E-state index in [0.29, 0.717) is 62.4 Å². The van der Waals surface area contributed by atoms with Crippen LogP contribution in [-0.2, 0) is 110 Å². The lowest BCUT2D eigenvalue weighted by atomic mass is 9.77. The van der Waals surface area contributed by atoms with Crippen LogP contribution < -0.4 is 28.4 Å². The highest BCUT2D eigenvalue weighted by atomic mass is 32.1. The first kappa shape index (κ1) is 105. The lowest BCUT2D eigenvalue weighted by molar-refractivity contribution is -0.179. The van der Waals surface area contributed by atoms with Gasteiger partial charge in [-0.3, -0.25) is 29.1 Å². The first-order valence-corrected chi connectivity index (χ1v) is 51.2. The van der Waals surface area contributed by atoms with Gasteiger partial charge in [0.25, 0.3) is 0 Å². The summed E-state index contributed by atoms with van der Waals surface area (Å²) in [4.78, 5) is 141. The summed E-state index contributed by atoms with van der Waals surface area (Å²) in [5.41, 5.74) is -4.49. The molecule has 4 aromatic heterocycles. The molecule has 784 valence electrons. The third kappa shape index (κ3) is 21.3. The number of benzene rings is 3. The highest BCUT2D eigenvalue weighted by Gasteiger charge is 2.64. The Hall–Kier alpha value is -12.5. The molecule has 3 aromatic carbocycles. The van der Waals surface area contributed by atoms with E-state index in [9.17, 15) is 58.2 Å². The van der Waals surface area contributed by atoms with Gasteiger partial charge in [0.05, 0.1) is 109 Å². The second kappa shape index (κ2) is 42.7. The van der Waals surface area contributed by atoms with Crippen LogP contribution in [0.5, 0.6) is 34.5 Å². The monoisotopic (exact) mass is 2060 g/mol. The molecule has 0 unspecified atom stereocenters. The van der Waals surface area contributed by atoms with E-state index in [0.717, 1.165) is 142 Å². The minimum Gasteiger partial charge on any atom is -0.497 e. The number of aryl methyl sites for hydroxylation is 1. The predicted octanol–water partition coefficient (Wildman–Crippen LogP) is 14.2. The number of methoxy groups -OCH3 is 6. The summed E-state index contributed by atoms with van der Waals surface area (Å²) in [6, 6.07) is 21.8. The summed E-state index contributed by atoms with van der Waals surface area (Å²) in [7, 11) is 8.23. The van der Waals surface area contributed by atoms with Crippen LogP contribution in [0.4, 0.5) is 0 Å². The van der Waals surface area contributed by atoms with Crippen molar-refractivity contribution in [3.8, 4) is 34.5 Å². The molecule has 3 spiro atoms. The fourth-order valence-electron chi connectivity index (χ4n) is 23.2. The zero-order valence-corrected chi connectivity index (χ0v) is 85.9. The van der Waals surface area contributed by atoms with Crippen molar-refractivity contribution in [1.29, 1.82) is 0 Å². The van der Waals surface area contributed by atoms with Gasteiger partial charge < -0.3 is 109 Å². The number of nitrogens with zero attached hydrogens (tertiary/aromatic N) is 4. The maximum absolute atomic E-state index is 14.9. The lowest BCUT2D eigenvalue weighted by Crippen LogP contribution is -2.51. The SMILES string of the molecule is COC(=O)C[C@@](CCCC(C)(C)OC(=O)c1cccs1)(OC(=O)c1cccs1)C(=O)O[C@@H]1C(OC)=C[C@]23CCCN2CCc2cc4c(cc2[C@H]13)OCO4.COC(=O)C[C@](O)(CCCC(C)(C)OC(=O)c1ccco1)C(=O)O[C@@H]1C(OC)=C[C@]23CCCN2CCc2cc4c(cc2[C@H]13)OCO4.COC(=O)C[C@](O)(CCCC(C)(C)OC(=O)c1cnoc1C)C(=O)O[C@@H]1C(OC)=C[C@]23CCCN2CCc2cc4c(cc2[C@H]13)OCO4. The molecular weight excluding hydrogens is 1930 g/mol. The number of furan rings is 1. The van der Waals surface area contributed by atoms with Crippen molar-refractivity contribution in [3.63, 3.8) is 0 Å². The number of ether oxygens (including phenoxy) is 19. The van der Waals surface area contributed by atoms with Crippen molar-refractivity contribution in [3.05, 3.63) is 192 Å². The summed E-state index contributed by atoms with van der Waals surface area (Å²) in [6.07, 6.45) is 13.2. The summed E-state index contributed by atoms with van der Waals surface area (Å²) >= 11 is 2.43. The second-order valence-electron chi connectivity index (χ2n) is 40.8. The first-order chi connectivity index (χ1) is 69.8. The number of thiophene rings is 2. The molecule has 7 aromatic rings. The molecule has 3 aliphatic carbocycles. The normalized spacial score (nSPS) is 23.8. The molecule has 0 bridgehead atoms. The van der Waals surface area contributed by atoms with Gasteiger partial charge in [0.2, 0.25) is 31.7 Å². The van der Waals surface area contributed by atoms with Crippen molar-refractivity contribution in [2.24, 2.45) is 0 Å². The smallest absolute Gasteiger partial charge is 0.374 e. The average Bonchev–Trinajstić information content (AvgIpc) is 1.56. The zero-order chi connectivity index (χ0) is 104. The van der Waals surface area contributed by atoms with Gasteiger partial charge in [-0.25, -0.2) is 33.6 Å². The number of carbonyl (C=O) groups is 10. The van der Waals surface area contributed by atoms with E-state index in [1.165, 1.54) is 51.2 Å². The molecule has 0 radical (unpaired) electrons. The Labute approximate surface area is 852 Å². The molecule has 12 aliphatic rings. The van der Waals surface area contributed by atoms with Crippen LogP contribution in [0.2, 0.25) is 0 Å². The molecular formula is C107H126N4O33S2. The number of aromatic nitrogens is 1. The van der Waals surface area contributed by atoms with Crippen molar-refractivity contribution < 1.29 is 157 Å². The summed E-state index contributed by atoms with van der Waals surface area (Å²) in [6.45, 7) is 17.5. The minimum atomic E-state index is -2.22. The molecule has 13 heterocycles. The summed E-state index contributed by atoms with van der Waals surface area (Å²) in [5.74, 6) is -2.87. The van der Waals surface area contributed by atoms with E-state index >= 15 is 0 Å². The van der Waals surface area contributed by atoms with Crippen LogP contribution in [0, 0.1) is 6.92 Å². The number of carbonyl (C=O) groups excluding carboxylic acids is 10. The molecule has 19 rings (SSSR count). The fraction of sp³-hybridized carbons (Fsp3) is 0.542. The minimum absolute atomic E-state index is 0.0696. The van der Waals surface area contributed by atoms with Crippen LogP contribution in [-0.4, -0.2) is 261 Å². The third-order valence-corrected chi connectivity index (χ3v) is 32.0. The van der Waals surface area contributed by atoms with Gasteiger partial charge in [0, 0.05) is 19.6 Å². The van der Waals surface area contributed by atoms with Gasteiger partial charge in [-0.2, -0.15) is 0 Å². The zero-order valence-electron chi connectivity index (χ0n) is 84.3. The van der Waals surface area contributed by atoms with Crippen LogP contribution in [0.25, 0.3) is 0 Å². The van der Waals surface area contributed by atoms with Crippen molar-refractivity contribution >= 4 is 82.4 Å². The highest BCUT2D eigenvalue weighted by Crippen LogP contribution is 2.61. The maximum atomic E-state index is 14.9. The van der Waals surface area contributed by atoms with Crippen molar-refractivity contribution in [2.45, 2.75) is 270 Å². The molecule has 146 heavy (non-hydrogen) atoms. The van der Waals surface area contributed by atoms with Gasteiger partial charge in [0.15, 0.2) is 64.0 Å². The van der Waals surface area contributed by atoms with E-state index in [1.807, 2.05) is 36.4 Å². The summed E-state index contributed by atoms with van der Waals surface area (Å²) in [5, 5.41) is 30.7. The van der Waals surface area contributed by atoms with Crippen LogP contribution >= 0.6 is 22.7 Å². The third-order valence-electron chi connectivity index (χ3n) is 30.3. The van der Waals surface area contributed by atoms with Crippen LogP contribution in [0.3, 0.4) is 0 Å². The quantitative estimate of drug-likeness (QED) is 0.0275. The van der Waals surface area contributed by atoms with Gasteiger partial charge in [-0.05, 0) is 307 Å². The number of hydrogen-bond acceptors (Lipinski definition) is 39. The Bertz CT molecular complexity index is 6140.